The van der Waals surface area contributed by atoms with E-state index >= 15 is 0 Å². The summed E-state index contributed by atoms with van der Waals surface area (Å²) >= 11 is 3.44. The normalized spacial score (nSPS) is 30.5. The molecule has 0 aliphatic carbocycles. The molecule has 2 aliphatic rings. The number of rotatable bonds is 3. The molecular formula is C15H18BrNO2. The van der Waals surface area contributed by atoms with Gasteiger partial charge < -0.3 is 5.11 Å². The summed E-state index contributed by atoms with van der Waals surface area (Å²) in [5.74, 6) is 0.167. The van der Waals surface area contributed by atoms with Crippen LogP contribution in [0, 0.1) is 0 Å². The van der Waals surface area contributed by atoms with Crippen molar-refractivity contribution in [3.05, 3.63) is 34.3 Å². The Kier molecular flexibility index (Phi) is 3.74. The molecule has 1 aromatic rings. The summed E-state index contributed by atoms with van der Waals surface area (Å²) in [5, 5.41) is 9.78. The number of Topliss-reactive ketones (excluding diaryl/α,β-unsaturated/α-hetero) is 1. The predicted molar refractivity (Wildman–Crippen MR) is 77.2 cm³/mol. The molecule has 0 aromatic heterocycles. The van der Waals surface area contributed by atoms with Crippen LogP contribution in [-0.4, -0.2) is 40.5 Å². The van der Waals surface area contributed by atoms with E-state index in [1.165, 1.54) is 0 Å². The van der Waals surface area contributed by atoms with Gasteiger partial charge in [0, 0.05) is 22.1 Å². The zero-order valence-corrected chi connectivity index (χ0v) is 12.3. The van der Waals surface area contributed by atoms with E-state index < -0.39 is 0 Å². The Hall–Kier alpha value is -0.710. The minimum absolute atomic E-state index is 0.167. The Bertz CT molecular complexity index is 477. The Morgan fingerprint density at radius 3 is 2.53 bits per heavy atom. The molecule has 3 nitrogen and oxygen atoms in total. The Balaban J connectivity index is 1.73. The Morgan fingerprint density at radius 1 is 1.26 bits per heavy atom. The number of carbonyl (C=O) groups is 1. The van der Waals surface area contributed by atoms with E-state index in [-0.39, 0.29) is 11.9 Å². The third-order valence-electron chi connectivity index (χ3n) is 4.36. The van der Waals surface area contributed by atoms with Crippen molar-refractivity contribution in [2.45, 2.75) is 43.9 Å². The zero-order valence-electron chi connectivity index (χ0n) is 10.8. The number of hydrogen-bond donors (Lipinski definition) is 1. The lowest BCUT2D eigenvalue weighted by molar-refractivity contribution is 0.0344. The number of aliphatic hydroxyl groups is 1. The second-order valence-electron chi connectivity index (χ2n) is 5.59. The van der Waals surface area contributed by atoms with Crippen molar-refractivity contribution in [3.63, 3.8) is 0 Å². The van der Waals surface area contributed by atoms with E-state index in [0.717, 1.165) is 35.7 Å². The molecule has 3 rings (SSSR count). The quantitative estimate of drug-likeness (QED) is 0.869. The fourth-order valence-corrected chi connectivity index (χ4v) is 3.95. The average Bonchev–Trinajstić information content (AvgIpc) is 2.62. The van der Waals surface area contributed by atoms with Gasteiger partial charge in [0.05, 0.1) is 12.6 Å². The number of hydrogen-bond acceptors (Lipinski definition) is 3. The van der Waals surface area contributed by atoms with Gasteiger partial charge in [0.15, 0.2) is 5.78 Å². The summed E-state index contributed by atoms with van der Waals surface area (Å²) in [5.41, 5.74) is 0.757. The number of nitrogens with zero attached hydrogens (tertiary/aromatic N) is 1. The van der Waals surface area contributed by atoms with E-state index in [9.17, 15) is 9.90 Å². The molecule has 2 fully saturated rings. The average molecular weight is 324 g/mol. The van der Waals surface area contributed by atoms with Crippen LogP contribution in [0.2, 0.25) is 0 Å². The zero-order chi connectivity index (χ0) is 13.4. The molecule has 102 valence electrons. The number of carbonyl (C=O) groups excluding carboxylic acids is 1. The molecule has 2 atom stereocenters. The molecule has 19 heavy (non-hydrogen) atoms. The summed E-state index contributed by atoms with van der Waals surface area (Å²) in [6.07, 6.45) is 3.70. The minimum atomic E-state index is -0.174. The third-order valence-corrected chi connectivity index (χ3v) is 5.05. The number of halogens is 1. The fourth-order valence-electron chi connectivity index (χ4n) is 3.44. The molecule has 4 heteroatoms. The second kappa shape index (κ2) is 5.35. The van der Waals surface area contributed by atoms with Crippen molar-refractivity contribution in [1.29, 1.82) is 0 Å². The molecule has 0 spiro atoms. The first-order valence-electron chi connectivity index (χ1n) is 6.86. The van der Waals surface area contributed by atoms with Crippen LogP contribution in [0.25, 0.3) is 0 Å². The van der Waals surface area contributed by atoms with Gasteiger partial charge in [-0.2, -0.15) is 0 Å². The molecule has 2 heterocycles. The summed E-state index contributed by atoms with van der Waals surface area (Å²) in [6.45, 7) is 0.477. The van der Waals surface area contributed by atoms with Crippen LogP contribution in [-0.2, 0) is 0 Å². The highest BCUT2D eigenvalue weighted by Crippen LogP contribution is 2.35. The standard InChI is InChI=1S/C15H18BrNO2/c16-14-4-2-1-3-13(14)15(19)9-17-10-5-6-11(17)8-12(18)7-10/h1-4,10-12,18H,5-9H2. The summed E-state index contributed by atoms with van der Waals surface area (Å²) in [6, 6.07) is 8.36. The maximum atomic E-state index is 12.4. The first kappa shape index (κ1) is 13.3. The van der Waals surface area contributed by atoms with E-state index in [1.807, 2.05) is 24.3 Å². The van der Waals surface area contributed by atoms with Gasteiger partial charge in [0.25, 0.3) is 0 Å². The van der Waals surface area contributed by atoms with Crippen molar-refractivity contribution in [2.75, 3.05) is 6.54 Å². The van der Waals surface area contributed by atoms with Gasteiger partial charge in [0.1, 0.15) is 0 Å². The smallest absolute Gasteiger partial charge is 0.177 e. The van der Waals surface area contributed by atoms with Gasteiger partial charge >= 0.3 is 0 Å². The molecule has 0 saturated carbocycles. The molecular weight excluding hydrogens is 306 g/mol. The molecule has 0 amide bonds. The largest absolute Gasteiger partial charge is 0.393 e. The highest BCUT2D eigenvalue weighted by molar-refractivity contribution is 9.10. The van der Waals surface area contributed by atoms with E-state index in [2.05, 4.69) is 20.8 Å². The molecule has 2 bridgehead atoms. The summed E-state index contributed by atoms with van der Waals surface area (Å²) < 4.78 is 0.865. The first-order chi connectivity index (χ1) is 9.15. The number of aliphatic hydroxyl groups excluding tert-OH is 1. The van der Waals surface area contributed by atoms with Crippen LogP contribution in [0.15, 0.2) is 28.7 Å². The lowest BCUT2D eigenvalue weighted by Crippen LogP contribution is -2.46. The Morgan fingerprint density at radius 2 is 1.89 bits per heavy atom. The summed E-state index contributed by atoms with van der Waals surface area (Å²) in [7, 11) is 0. The topological polar surface area (TPSA) is 40.5 Å². The number of fused-ring (bicyclic) bond motifs is 2. The van der Waals surface area contributed by atoms with Crippen molar-refractivity contribution < 1.29 is 9.90 Å². The van der Waals surface area contributed by atoms with E-state index in [1.54, 1.807) is 0 Å². The van der Waals surface area contributed by atoms with Gasteiger partial charge in [-0.15, -0.1) is 0 Å². The monoisotopic (exact) mass is 323 g/mol. The van der Waals surface area contributed by atoms with Crippen LogP contribution < -0.4 is 0 Å². The lowest BCUT2D eigenvalue weighted by atomic mass is 9.99. The summed E-state index contributed by atoms with van der Waals surface area (Å²) in [4.78, 5) is 14.7. The Labute approximate surface area is 121 Å². The maximum absolute atomic E-state index is 12.4. The van der Waals surface area contributed by atoms with Gasteiger partial charge in [-0.3, -0.25) is 9.69 Å². The number of piperidine rings is 1. The second-order valence-corrected chi connectivity index (χ2v) is 6.44. The fraction of sp³-hybridized carbons (Fsp3) is 0.533. The lowest BCUT2D eigenvalue weighted by Gasteiger charge is -2.36. The molecule has 2 saturated heterocycles. The van der Waals surface area contributed by atoms with Crippen molar-refractivity contribution in [1.82, 2.24) is 4.90 Å². The van der Waals surface area contributed by atoms with Gasteiger partial charge in [0.2, 0.25) is 0 Å². The first-order valence-corrected chi connectivity index (χ1v) is 7.66. The number of benzene rings is 1. The predicted octanol–water partition coefficient (Wildman–Crippen LogP) is 2.62. The minimum Gasteiger partial charge on any atom is -0.393 e. The molecule has 2 unspecified atom stereocenters. The van der Waals surface area contributed by atoms with Crippen LogP contribution in [0.1, 0.15) is 36.0 Å². The van der Waals surface area contributed by atoms with Crippen LogP contribution >= 0.6 is 15.9 Å². The van der Waals surface area contributed by atoms with Gasteiger partial charge in [-0.1, -0.05) is 34.1 Å². The third kappa shape index (κ3) is 2.62. The molecule has 1 N–H and O–H groups in total. The van der Waals surface area contributed by atoms with Crippen molar-refractivity contribution >= 4 is 21.7 Å². The molecule has 0 radical (unpaired) electrons. The van der Waals surface area contributed by atoms with E-state index in [4.69, 9.17) is 0 Å². The maximum Gasteiger partial charge on any atom is 0.177 e. The van der Waals surface area contributed by atoms with Gasteiger partial charge in [-0.05, 0) is 31.7 Å². The highest BCUT2D eigenvalue weighted by atomic mass is 79.9. The number of ketones is 1. The van der Waals surface area contributed by atoms with Gasteiger partial charge in [-0.25, -0.2) is 0 Å². The van der Waals surface area contributed by atoms with E-state index in [0.29, 0.717) is 18.6 Å². The van der Waals surface area contributed by atoms with Crippen LogP contribution in [0.3, 0.4) is 0 Å². The molecule has 2 aliphatic heterocycles. The van der Waals surface area contributed by atoms with Crippen LogP contribution in [0.4, 0.5) is 0 Å². The SMILES string of the molecule is O=C(CN1C2CCC1CC(O)C2)c1ccccc1Br. The van der Waals surface area contributed by atoms with Crippen molar-refractivity contribution in [2.24, 2.45) is 0 Å². The van der Waals surface area contributed by atoms with Crippen molar-refractivity contribution in [3.8, 4) is 0 Å². The molecule has 1 aromatic carbocycles. The van der Waals surface area contributed by atoms with Crippen LogP contribution in [0.5, 0.6) is 0 Å². The highest BCUT2D eigenvalue weighted by Gasteiger charge is 2.40.